The van der Waals surface area contributed by atoms with E-state index >= 15 is 0 Å². The lowest BCUT2D eigenvalue weighted by molar-refractivity contribution is -0.123. The number of benzene rings is 1. The second-order valence-electron chi connectivity index (χ2n) is 6.01. The molecule has 0 fully saturated rings. The molecule has 156 valence electrons. The molecule has 0 bridgehead atoms. The SMILES string of the molecule is COCCNC(=O)NC(=O)COC(=O)c1cc(-c2cccs2)nn1-c1ccccc1. The fourth-order valence-corrected chi connectivity index (χ4v) is 3.20. The summed E-state index contributed by atoms with van der Waals surface area (Å²) < 4.78 is 11.4. The number of hydrogen-bond donors (Lipinski definition) is 2. The smallest absolute Gasteiger partial charge is 0.357 e. The Bertz CT molecular complexity index is 1000. The Balaban J connectivity index is 1.69. The number of imide groups is 1. The van der Waals surface area contributed by atoms with Crippen molar-refractivity contribution in [2.75, 3.05) is 26.9 Å². The first-order valence-corrected chi connectivity index (χ1v) is 9.89. The Morgan fingerprint density at radius 2 is 1.93 bits per heavy atom. The number of aromatic nitrogens is 2. The zero-order chi connectivity index (χ0) is 21.3. The van der Waals surface area contributed by atoms with Crippen molar-refractivity contribution in [3.05, 3.63) is 59.6 Å². The second-order valence-corrected chi connectivity index (χ2v) is 6.96. The fraction of sp³-hybridized carbons (Fsp3) is 0.200. The Morgan fingerprint density at radius 3 is 2.63 bits per heavy atom. The van der Waals surface area contributed by atoms with Crippen LogP contribution >= 0.6 is 11.3 Å². The van der Waals surface area contributed by atoms with Crippen molar-refractivity contribution in [1.82, 2.24) is 20.4 Å². The molecule has 0 saturated heterocycles. The Hall–Kier alpha value is -3.50. The normalized spacial score (nSPS) is 10.4. The topological polar surface area (TPSA) is 112 Å². The summed E-state index contributed by atoms with van der Waals surface area (Å²) in [5, 5.41) is 10.9. The average Bonchev–Trinajstić information content (AvgIpc) is 3.43. The molecule has 0 atom stereocenters. The van der Waals surface area contributed by atoms with E-state index in [1.807, 2.05) is 35.7 Å². The van der Waals surface area contributed by atoms with Crippen LogP contribution in [0.4, 0.5) is 4.79 Å². The maximum absolute atomic E-state index is 12.6. The molecule has 3 aromatic rings. The van der Waals surface area contributed by atoms with Crippen LogP contribution in [0.3, 0.4) is 0 Å². The van der Waals surface area contributed by atoms with Crippen LogP contribution in [0, 0.1) is 0 Å². The average molecular weight is 428 g/mol. The lowest BCUT2D eigenvalue weighted by atomic mass is 10.3. The van der Waals surface area contributed by atoms with Gasteiger partial charge in [-0.05, 0) is 23.6 Å². The molecule has 0 unspecified atom stereocenters. The van der Waals surface area contributed by atoms with Gasteiger partial charge in [0.1, 0.15) is 5.69 Å². The van der Waals surface area contributed by atoms with Crippen molar-refractivity contribution < 1.29 is 23.9 Å². The molecule has 0 radical (unpaired) electrons. The molecule has 3 amide bonds. The van der Waals surface area contributed by atoms with E-state index < -0.39 is 24.5 Å². The zero-order valence-electron chi connectivity index (χ0n) is 16.2. The predicted octanol–water partition coefficient (Wildman–Crippen LogP) is 2.23. The number of nitrogens with zero attached hydrogens (tertiary/aromatic N) is 2. The number of hydrogen-bond acceptors (Lipinski definition) is 7. The molecule has 3 rings (SSSR count). The summed E-state index contributed by atoms with van der Waals surface area (Å²) in [5.74, 6) is -1.48. The third kappa shape index (κ3) is 5.52. The summed E-state index contributed by atoms with van der Waals surface area (Å²) in [6, 6.07) is 13.8. The standard InChI is InChI=1S/C20H20N4O5S/c1-28-10-9-21-20(27)22-18(25)13-29-19(26)16-12-15(17-8-5-11-30-17)23-24(16)14-6-3-2-4-7-14/h2-8,11-12H,9-10,13H2,1H3,(H2,21,22,25,27). The summed E-state index contributed by atoms with van der Waals surface area (Å²) in [6.45, 7) is -0.0470. The first kappa shape index (κ1) is 21.2. The fourth-order valence-electron chi connectivity index (χ4n) is 2.52. The van der Waals surface area contributed by atoms with Gasteiger partial charge < -0.3 is 14.8 Å². The number of esters is 1. The molecule has 2 N–H and O–H groups in total. The molecule has 0 aliphatic rings. The number of ether oxygens (including phenoxy) is 2. The summed E-state index contributed by atoms with van der Waals surface area (Å²) in [4.78, 5) is 37.0. The number of carbonyl (C=O) groups excluding carboxylic acids is 3. The van der Waals surface area contributed by atoms with E-state index in [4.69, 9.17) is 9.47 Å². The van der Waals surface area contributed by atoms with Gasteiger partial charge in [-0.15, -0.1) is 11.3 Å². The molecule has 2 heterocycles. The van der Waals surface area contributed by atoms with Crippen LogP contribution in [0.5, 0.6) is 0 Å². The minimum atomic E-state index is -0.748. The highest BCUT2D eigenvalue weighted by molar-refractivity contribution is 7.13. The first-order chi connectivity index (χ1) is 14.6. The van der Waals surface area contributed by atoms with E-state index in [9.17, 15) is 14.4 Å². The van der Waals surface area contributed by atoms with Crippen molar-refractivity contribution in [2.45, 2.75) is 0 Å². The number of nitrogens with one attached hydrogen (secondary N) is 2. The van der Waals surface area contributed by atoms with E-state index in [2.05, 4.69) is 15.7 Å². The first-order valence-electron chi connectivity index (χ1n) is 9.01. The molecule has 0 spiro atoms. The van der Waals surface area contributed by atoms with E-state index in [1.165, 1.54) is 23.1 Å². The van der Waals surface area contributed by atoms with Crippen LogP contribution in [-0.4, -0.2) is 54.6 Å². The van der Waals surface area contributed by atoms with Crippen molar-refractivity contribution >= 4 is 29.2 Å². The van der Waals surface area contributed by atoms with Crippen LogP contribution < -0.4 is 10.6 Å². The van der Waals surface area contributed by atoms with E-state index in [1.54, 1.807) is 18.2 Å². The number of urea groups is 1. The molecule has 0 aliphatic carbocycles. The zero-order valence-corrected chi connectivity index (χ0v) is 17.0. The third-order valence-corrected chi connectivity index (χ3v) is 4.76. The largest absolute Gasteiger partial charge is 0.451 e. The maximum atomic E-state index is 12.6. The summed E-state index contributed by atoms with van der Waals surface area (Å²) in [6.07, 6.45) is 0. The van der Waals surface area contributed by atoms with Gasteiger partial charge in [0.15, 0.2) is 12.3 Å². The number of thiophene rings is 1. The van der Waals surface area contributed by atoms with Gasteiger partial charge in [0, 0.05) is 19.7 Å². The number of methoxy groups -OCH3 is 1. The Kier molecular flexibility index (Phi) is 7.30. The monoisotopic (exact) mass is 428 g/mol. The predicted molar refractivity (Wildman–Crippen MR) is 111 cm³/mol. The molecule has 0 aliphatic heterocycles. The van der Waals surface area contributed by atoms with E-state index in [-0.39, 0.29) is 12.2 Å². The molecule has 1 aromatic carbocycles. The van der Waals surface area contributed by atoms with Gasteiger partial charge in [-0.3, -0.25) is 10.1 Å². The van der Waals surface area contributed by atoms with Gasteiger partial charge in [-0.2, -0.15) is 5.10 Å². The van der Waals surface area contributed by atoms with Crippen molar-refractivity contribution in [1.29, 1.82) is 0 Å². The van der Waals surface area contributed by atoms with Gasteiger partial charge in [0.2, 0.25) is 0 Å². The lowest BCUT2D eigenvalue weighted by Crippen LogP contribution is -2.42. The van der Waals surface area contributed by atoms with Gasteiger partial charge in [-0.1, -0.05) is 24.3 Å². The number of rotatable bonds is 8. The molecule has 9 nitrogen and oxygen atoms in total. The molecule has 2 aromatic heterocycles. The van der Waals surface area contributed by atoms with Crippen molar-refractivity contribution in [3.8, 4) is 16.3 Å². The van der Waals surface area contributed by atoms with Crippen LogP contribution in [0.2, 0.25) is 0 Å². The van der Waals surface area contributed by atoms with Crippen LogP contribution in [0.15, 0.2) is 53.9 Å². The number of carbonyl (C=O) groups is 3. The second kappa shape index (κ2) is 10.3. The Labute approximate surface area is 176 Å². The summed E-state index contributed by atoms with van der Waals surface area (Å²) >= 11 is 1.49. The highest BCUT2D eigenvalue weighted by Crippen LogP contribution is 2.26. The third-order valence-electron chi connectivity index (χ3n) is 3.87. The summed E-state index contributed by atoms with van der Waals surface area (Å²) in [7, 11) is 1.49. The van der Waals surface area contributed by atoms with Gasteiger partial charge in [0.25, 0.3) is 5.91 Å². The van der Waals surface area contributed by atoms with Crippen LogP contribution in [0.25, 0.3) is 16.3 Å². The van der Waals surface area contributed by atoms with E-state index in [0.29, 0.717) is 18.0 Å². The van der Waals surface area contributed by atoms with Crippen LogP contribution in [-0.2, 0) is 14.3 Å². The minimum absolute atomic E-state index is 0.168. The Morgan fingerprint density at radius 1 is 1.13 bits per heavy atom. The summed E-state index contributed by atoms with van der Waals surface area (Å²) in [5.41, 5.74) is 1.46. The molecule has 0 saturated carbocycles. The molecule has 30 heavy (non-hydrogen) atoms. The number of para-hydroxylation sites is 1. The van der Waals surface area contributed by atoms with Gasteiger partial charge >= 0.3 is 12.0 Å². The van der Waals surface area contributed by atoms with E-state index in [0.717, 1.165) is 4.88 Å². The van der Waals surface area contributed by atoms with Crippen molar-refractivity contribution in [2.24, 2.45) is 0 Å². The number of amides is 3. The molecule has 10 heteroatoms. The van der Waals surface area contributed by atoms with Crippen LogP contribution in [0.1, 0.15) is 10.5 Å². The maximum Gasteiger partial charge on any atom is 0.357 e. The highest BCUT2D eigenvalue weighted by atomic mass is 32.1. The van der Waals surface area contributed by atoms with Gasteiger partial charge in [0.05, 0.1) is 17.2 Å². The minimum Gasteiger partial charge on any atom is -0.451 e. The quantitative estimate of drug-likeness (QED) is 0.420. The highest BCUT2D eigenvalue weighted by Gasteiger charge is 2.20. The molecular weight excluding hydrogens is 408 g/mol. The molecular formula is C20H20N4O5S. The lowest BCUT2D eigenvalue weighted by Gasteiger charge is -2.08. The van der Waals surface area contributed by atoms with Crippen molar-refractivity contribution in [3.63, 3.8) is 0 Å². The van der Waals surface area contributed by atoms with Gasteiger partial charge in [-0.25, -0.2) is 14.3 Å².